The Morgan fingerprint density at radius 2 is 1.97 bits per heavy atom. The smallest absolute Gasteiger partial charge is 0.364 e. The summed E-state index contributed by atoms with van der Waals surface area (Å²) in [5.74, 6) is -0.546. The predicted molar refractivity (Wildman–Crippen MR) is 108 cm³/mol. The molecule has 0 bridgehead atoms. The number of nitrogens with zero attached hydrogens (tertiary/aromatic N) is 3. The Balaban J connectivity index is 1.45. The molecule has 0 saturated carbocycles. The van der Waals surface area contributed by atoms with Crippen molar-refractivity contribution in [2.45, 2.75) is 25.7 Å². The van der Waals surface area contributed by atoms with Crippen LogP contribution >= 0.6 is 11.3 Å². The minimum Gasteiger partial charge on any atom is -0.422 e. The van der Waals surface area contributed by atoms with Crippen LogP contribution in [0.3, 0.4) is 0 Å². The first-order valence-electron chi connectivity index (χ1n) is 9.23. The Morgan fingerprint density at radius 3 is 2.66 bits per heavy atom. The second-order valence-corrected chi connectivity index (χ2v) is 7.87. The molecule has 1 aliphatic rings. The van der Waals surface area contributed by atoms with Gasteiger partial charge in [0, 0.05) is 23.7 Å². The van der Waals surface area contributed by atoms with Crippen LogP contribution in [0, 0.1) is 11.3 Å². The van der Waals surface area contributed by atoms with Gasteiger partial charge in [-0.05, 0) is 61.6 Å². The van der Waals surface area contributed by atoms with Gasteiger partial charge in [0.2, 0.25) is 0 Å². The van der Waals surface area contributed by atoms with Crippen molar-refractivity contribution < 1.29 is 14.3 Å². The summed E-state index contributed by atoms with van der Waals surface area (Å²) in [4.78, 5) is 25.9. The van der Waals surface area contributed by atoms with Gasteiger partial charge in [-0.2, -0.15) is 10.4 Å². The maximum Gasteiger partial charge on any atom is 0.364 e. The Kier molecular flexibility index (Phi) is 5.14. The molecule has 1 aromatic carbocycles. The molecule has 2 heterocycles. The molecule has 29 heavy (non-hydrogen) atoms. The zero-order chi connectivity index (χ0) is 20.4. The molecule has 8 heteroatoms. The third-order valence-corrected chi connectivity index (χ3v) is 5.97. The topological polar surface area (TPSA) is 97.0 Å². The number of thiophene rings is 1. The number of benzene rings is 1. The van der Waals surface area contributed by atoms with E-state index in [1.54, 1.807) is 43.6 Å². The first-order chi connectivity index (χ1) is 14.0. The van der Waals surface area contributed by atoms with Gasteiger partial charge in [0.1, 0.15) is 16.8 Å². The molecule has 1 amide bonds. The molecular formula is C21H18N4O3S. The molecule has 0 aliphatic heterocycles. The second-order valence-electron chi connectivity index (χ2n) is 6.77. The van der Waals surface area contributed by atoms with Crippen LogP contribution in [0.25, 0.3) is 0 Å². The summed E-state index contributed by atoms with van der Waals surface area (Å²) in [6.45, 7) is 0. The van der Waals surface area contributed by atoms with E-state index in [4.69, 9.17) is 4.74 Å². The fraction of sp³-hybridized carbons (Fsp3) is 0.238. The standard InChI is InChI=1S/C21H18N4O3S/c1-25-11-10-17(24-25)21(27)28-14-8-6-13(7-9-14)19(26)23-20-16(12-22)15-4-2-3-5-18(15)29-20/h6-11H,2-5H2,1H3,(H,23,26). The first-order valence-corrected chi connectivity index (χ1v) is 10.0. The lowest BCUT2D eigenvalue weighted by Gasteiger charge is -2.09. The highest BCUT2D eigenvalue weighted by Gasteiger charge is 2.22. The Bertz CT molecular complexity index is 1120. The molecule has 0 fully saturated rings. The van der Waals surface area contributed by atoms with Crippen LogP contribution < -0.4 is 10.1 Å². The number of carbonyl (C=O) groups excluding carboxylic acids is 2. The number of hydrogen-bond donors (Lipinski definition) is 1. The molecule has 4 rings (SSSR count). The highest BCUT2D eigenvalue weighted by Crippen LogP contribution is 2.37. The van der Waals surface area contributed by atoms with Gasteiger partial charge in [-0.3, -0.25) is 9.48 Å². The van der Waals surface area contributed by atoms with Gasteiger partial charge < -0.3 is 10.1 Å². The number of carbonyl (C=O) groups is 2. The first kappa shape index (κ1) is 18.9. The number of aromatic nitrogens is 2. The van der Waals surface area contributed by atoms with Crippen molar-refractivity contribution in [2.24, 2.45) is 7.05 Å². The van der Waals surface area contributed by atoms with Crippen molar-refractivity contribution in [3.63, 3.8) is 0 Å². The van der Waals surface area contributed by atoms with E-state index < -0.39 is 5.97 Å². The summed E-state index contributed by atoms with van der Waals surface area (Å²) in [5.41, 5.74) is 2.28. The van der Waals surface area contributed by atoms with Crippen molar-refractivity contribution in [3.05, 3.63) is 63.8 Å². The zero-order valence-corrected chi connectivity index (χ0v) is 16.6. The monoisotopic (exact) mass is 406 g/mol. The van der Waals surface area contributed by atoms with E-state index >= 15 is 0 Å². The van der Waals surface area contributed by atoms with E-state index in [9.17, 15) is 14.9 Å². The number of anilines is 1. The molecule has 1 aliphatic carbocycles. The van der Waals surface area contributed by atoms with Gasteiger partial charge in [0.05, 0.1) is 5.56 Å². The maximum atomic E-state index is 12.6. The van der Waals surface area contributed by atoms with Crippen molar-refractivity contribution >= 4 is 28.2 Å². The molecule has 0 unspecified atom stereocenters. The number of amides is 1. The minimum absolute atomic E-state index is 0.208. The average Bonchev–Trinajstić information content (AvgIpc) is 3.31. The molecule has 2 aromatic heterocycles. The average molecular weight is 406 g/mol. The molecule has 0 atom stereocenters. The number of esters is 1. The SMILES string of the molecule is Cn1ccc(C(=O)Oc2ccc(C(=O)Nc3sc4c(c3C#N)CCCC4)cc2)n1. The highest BCUT2D eigenvalue weighted by atomic mass is 32.1. The number of aryl methyl sites for hydroxylation is 2. The number of rotatable bonds is 4. The van der Waals surface area contributed by atoms with E-state index in [1.807, 2.05) is 0 Å². The normalized spacial score (nSPS) is 12.7. The van der Waals surface area contributed by atoms with Crippen molar-refractivity contribution in [2.75, 3.05) is 5.32 Å². The summed E-state index contributed by atoms with van der Waals surface area (Å²) >= 11 is 1.49. The second kappa shape index (κ2) is 7.89. The van der Waals surface area contributed by atoms with E-state index in [-0.39, 0.29) is 11.6 Å². The van der Waals surface area contributed by atoms with Gasteiger partial charge in [-0.15, -0.1) is 11.3 Å². The fourth-order valence-corrected chi connectivity index (χ4v) is 4.54. The van der Waals surface area contributed by atoms with Crippen molar-refractivity contribution in [1.29, 1.82) is 5.26 Å². The quantitative estimate of drug-likeness (QED) is 0.526. The van der Waals surface area contributed by atoms with Gasteiger partial charge in [0.15, 0.2) is 5.69 Å². The van der Waals surface area contributed by atoms with Crippen LogP contribution in [0.15, 0.2) is 36.5 Å². The Hall–Kier alpha value is -3.44. The minimum atomic E-state index is -0.564. The lowest BCUT2D eigenvalue weighted by Crippen LogP contribution is -2.12. The molecule has 0 spiro atoms. The number of fused-ring (bicyclic) bond motifs is 1. The summed E-state index contributed by atoms with van der Waals surface area (Å²) in [7, 11) is 1.71. The summed E-state index contributed by atoms with van der Waals surface area (Å²) in [5, 5.41) is 17.0. The Morgan fingerprint density at radius 1 is 1.21 bits per heavy atom. The largest absolute Gasteiger partial charge is 0.422 e. The van der Waals surface area contributed by atoms with E-state index in [0.717, 1.165) is 31.2 Å². The summed E-state index contributed by atoms with van der Waals surface area (Å²) in [6.07, 6.45) is 5.69. The highest BCUT2D eigenvalue weighted by molar-refractivity contribution is 7.16. The van der Waals surface area contributed by atoms with E-state index in [0.29, 0.717) is 21.9 Å². The third-order valence-electron chi connectivity index (χ3n) is 4.76. The van der Waals surface area contributed by atoms with Gasteiger partial charge in [-0.25, -0.2) is 4.79 Å². The molecule has 3 aromatic rings. The maximum absolute atomic E-state index is 12.6. The lowest BCUT2D eigenvalue weighted by atomic mass is 9.96. The predicted octanol–water partition coefficient (Wildman–Crippen LogP) is 3.70. The lowest BCUT2D eigenvalue weighted by molar-refractivity contribution is 0.0727. The van der Waals surface area contributed by atoms with Crippen molar-refractivity contribution in [3.8, 4) is 11.8 Å². The number of hydrogen-bond acceptors (Lipinski definition) is 6. The molecular weight excluding hydrogens is 388 g/mol. The van der Waals surface area contributed by atoms with Crippen LogP contribution in [0.4, 0.5) is 5.00 Å². The Labute approximate surface area is 171 Å². The zero-order valence-electron chi connectivity index (χ0n) is 15.8. The molecule has 1 N–H and O–H groups in total. The number of ether oxygens (including phenoxy) is 1. The van der Waals surface area contributed by atoms with E-state index in [1.165, 1.54) is 20.9 Å². The van der Waals surface area contributed by atoms with Crippen molar-refractivity contribution in [1.82, 2.24) is 9.78 Å². The van der Waals surface area contributed by atoms with Gasteiger partial charge in [0.25, 0.3) is 5.91 Å². The molecule has 0 radical (unpaired) electrons. The van der Waals surface area contributed by atoms with E-state index in [2.05, 4.69) is 16.5 Å². The molecule has 0 saturated heterocycles. The number of nitriles is 1. The number of nitrogens with one attached hydrogen (secondary N) is 1. The van der Waals surface area contributed by atoms with Crippen LogP contribution in [0.1, 0.15) is 49.7 Å². The van der Waals surface area contributed by atoms with Gasteiger partial charge in [-0.1, -0.05) is 0 Å². The van der Waals surface area contributed by atoms with Gasteiger partial charge >= 0.3 is 5.97 Å². The molecule has 146 valence electrons. The van der Waals surface area contributed by atoms with Crippen LogP contribution in [0.5, 0.6) is 5.75 Å². The van der Waals surface area contributed by atoms with Crippen LogP contribution in [0.2, 0.25) is 0 Å². The summed E-state index contributed by atoms with van der Waals surface area (Å²) in [6, 6.07) is 10.1. The molecule has 7 nitrogen and oxygen atoms in total. The van der Waals surface area contributed by atoms with Crippen LogP contribution in [-0.2, 0) is 19.9 Å². The third kappa shape index (κ3) is 3.91. The van der Waals surface area contributed by atoms with Crippen LogP contribution in [-0.4, -0.2) is 21.7 Å². The summed E-state index contributed by atoms with van der Waals surface area (Å²) < 4.78 is 6.79. The fourth-order valence-electron chi connectivity index (χ4n) is 3.31.